The predicted octanol–water partition coefficient (Wildman–Crippen LogP) is 4.94. The third kappa shape index (κ3) is 3.90. The van der Waals surface area contributed by atoms with Crippen molar-refractivity contribution in [2.24, 2.45) is 0 Å². The summed E-state index contributed by atoms with van der Waals surface area (Å²) in [6.45, 7) is -2.91. The zero-order chi connectivity index (χ0) is 14.5. The summed E-state index contributed by atoms with van der Waals surface area (Å²) in [6, 6.07) is 8.72. The molecule has 0 aliphatic rings. The lowest BCUT2D eigenvalue weighted by molar-refractivity contribution is -0.0524. The fraction of sp³-hybridized carbons (Fsp3) is 0.214. The molecule has 0 radical (unpaired) electrons. The summed E-state index contributed by atoms with van der Waals surface area (Å²) in [4.78, 5) is 3.98. The van der Waals surface area contributed by atoms with Crippen molar-refractivity contribution < 1.29 is 13.5 Å². The van der Waals surface area contributed by atoms with Gasteiger partial charge < -0.3 is 4.74 Å². The first kappa shape index (κ1) is 15.2. The maximum atomic E-state index is 12.4. The number of halogens is 4. The fourth-order valence-corrected chi connectivity index (χ4v) is 2.43. The number of rotatable bonds is 5. The van der Waals surface area contributed by atoms with Gasteiger partial charge in [-0.15, -0.1) is 0 Å². The van der Waals surface area contributed by atoms with Gasteiger partial charge in [0.2, 0.25) is 5.88 Å². The van der Waals surface area contributed by atoms with Crippen LogP contribution in [-0.2, 0) is 6.42 Å². The second-order valence-electron chi connectivity index (χ2n) is 4.02. The number of aryl methyl sites for hydroxylation is 1. The summed E-state index contributed by atoms with van der Waals surface area (Å²) in [5, 5.41) is 1.29. The maximum Gasteiger partial charge on any atom is 0.388 e. The Bertz CT molecular complexity index is 595. The molecule has 0 saturated heterocycles. The molecule has 0 aliphatic carbocycles. The Hall–Kier alpha value is -1.20. The molecular formula is C14H11BrClF2NO. The highest BCUT2D eigenvalue weighted by atomic mass is 79.9. The molecule has 0 atom stereocenters. The molecule has 0 amide bonds. The molecule has 0 saturated carbocycles. The monoisotopic (exact) mass is 361 g/mol. The molecule has 0 spiro atoms. The van der Waals surface area contributed by atoms with E-state index in [0.29, 0.717) is 16.1 Å². The van der Waals surface area contributed by atoms with Gasteiger partial charge in [0.1, 0.15) is 0 Å². The Morgan fingerprint density at radius 2 is 2.10 bits per heavy atom. The zero-order valence-corrected chi connectivity index (χ0v) is 12.7. The van der Waals surface area contributed by atoms with Gasteiger partial charge in [0, 0.05) is 22.1 Å². The Morgan fingerprint density at radius 1 is 1.30 bits per heavy atom. The molecule has 0 unspecified atom stereocenters. The lowest BCUT2D eigenvalue weighted by atomic mass is 10.0. The summed E-state index contributed by atoms with van der Waals surface area (Å²) in [7, 11) is 0. The number of hydrogen-bond acceptors (Lipinski definition) is 2. The number of nitrogens with zero attached hydrogens (tertiary/aromatic N) is 1. The molecule has 0 bridgehead atoms. The van der Waals surface area contributed by atoms with Crippen LogP contribution < -0.4 is 4.74 Å². The van der Waals surface area contributed by atoms with E-state index >= 15 is 0 Å². The average Bonchev–Trinajstić information content (AvgIpc) is 2.40. The van der Waals surface area contributed by atoms with Crippen molar-refractivity contribution in [3.8, 4) is 17.0 Å². The third-order valence-electron chi connectivity index (χ3n) is 2.63. The van der Waals surface area contributed by atoms with E-state index in [9.17, 15) is 8.78 Å². The first-order valence-electron chi connectivity index (χ1n) is 5.86. The molecule has 1 aromatic heterocycles. The van der Waals surface area contributed by atoms with Gasteiger partial charge in [-0.25, -0.2) is 4.98 Å². The van der Waals surface area contributed by atoms with Gasteiger partial charge >= 0.3 is 6.61 Å². The van der Waals surface area contributed by atoms with Crippen molar-refractivity contribution in [2.45, 2.75) is 13.0 Å². The van der Waals surface area contributed by atoms with Crippen molar-refractivity contribution in [1.29, 1.82) is 0 Å². The number of benzene rings is 1. The van der Waals surface area contributed by atoms with E-state index in [1.54, 1.807) is 30.3 Å². The first-order valence-corrected chi connectivity index (χ1v) is 7.35. The van der Waals surface area contributed by atoms with E-state index in [1.165, 1.54) is 6.20 Å². The van der Waals surface area contributed by atoms with E-state index in [2.05, 4.69) is 25.7 Å². The summed E-state index contributed by atoms with van der Waals surface area (Å²) >= 11 is 9.27. The third-order valence-corrected chi connectivity index (χ3v) is 3.26. The van der Waals surface area contributed by atoms with Gasteiger partial charge in [0.05, 0.1) is 0 Å². The van der Waals surface area contributed by atoms with Crippen LogP contribution in [-0.4, -0.2) is 16.9 Å². The van der Waals surface area contributed by atoms with E-state index < -0.39 is 6.61 Å². The molecule has 2 aromatic rings. The van der Waals surface area contributed by atoms with Crippen LogP contribution in [0.4, 0.5) is 8.78 Å². The normalized spacial score (nSPS) is 10.8. The van der Waals surface area contributed by atoms with Crippen LogP contribution in [0.1, 0.15) is 5.56 Å². The van der Waals surface area contributed by atoms with Crippen molar-refractivity contribution in [3.05, 3.63) is 47.1 Å². The van der Waals surface area contributed by atoms with Gasteiger partial charge in [-0.2, -0.15) is 8.78 Å². The summed E-state index contributed by atoms with van der Waals surface area (Å²) in [6.07, 6.45) is 2.28. The molecular weight excluding hydrogens is 352 g/mol. The molecule has 20 heavy (non-hydrogen) atoms. The van der Waals surface area contributed by atoms with Crippen LogP contribution in [0.25, 0.3) is 11.1 Å². The predicted molar refractivity (Wildman–Crippen MR) is 78.8 cm³/mol. The average molecular weight is 363 g/mol. The van der Waals surface area contributed by atoms with Crippen molar-refractivity contribution in [3.63, 3.8) is 0 Å². The largest absolute Gasteiger partial charge is 0.416 e. The molecule has 0 fully saturated rings. The zero-order valence-electron chi connectivity index (χ0n) is 10.3. The standard InChI is InChI=1S/C14H11BrClF2NO/c15-5-4-9-6-12(10-2-1-3-11(16)7-10)13(19-8-9)20-14(17)18/h1-3,6-8,14H,4-5H2. The van der Waals surface area contributed by atoms with Gasteiger partial charge in [-0.1, -0.05) is 39.7 Å². The molecule has 2 nitrogen and oxygen atoms in total. The highest BCUT2D eigenvalue weighted by Crippen LogP contribution is 2.31. The number of alkyl halides is 3. The second-order valence-corrected chi connectivity index (χ2v) is 5.25. The Morgan fingerprint density at radius 3 is 2.75 bits per heavy atom. The van der Waals surface area contributed by atoms with Gasteiger partial charge in [-0.05, 0) is 35.7 Å². The molecule has 106 valence electrons. The van der Waals surface area contributed by atoms with Crippen LogP contribution in [0.5, 0.6) is 5.88 Å². The first-order chi connectivity index (χ1) is 9.60. The van der Waals surface area contributed by atoms with Gasteiger partial charge in [0.25, 0.3) is 0 Å². The van der Waals surface area contributed by atoms with E-state index in [-0.39, 0.29) is 5.88 Å². The second kappa shape index (κ2) is 6.99. The SMILES string of the molecule is FC(F)Oc1ncc(CCBr)cc1-c1cccc(Cl)c1. The van der Waals surface area contributed by atoms with E-state index in [1.807, 2.05) is 0 Å². The number of hydrogen-bond donors (Lipinski definition) is 0. The number of aromatic nitrogens is 1. The Balaban J connectivity index is 2.48. The minimum atomic E-state index is -2.91. The molecule has 1 aromatic carbocycles. The van der Waals surface area contributed by atoms with Crippen LogP contribution in [0.15, 0.2) is 36.5 Å². The molecule has 2 rings (SSSR count). The highest BCUT2D eigenvalue weighted by Gasteiger charge is 2.14. The Labute approximate surface area is 128 Å². The quantitative estimate of drug-likeness (QED) is 0.703. The van der Waals surface area contributed by atoms with Crippen molar-refractivity contribution in [2.75, 3.05) is 5.33 Å². The molecule has 0 N–H and O–H groups in total. The summed E-state index contributed by atoms with van der Waals surface area (Å²) in [5.41, 5.74) is 2.13. The van der Waals surface area contributed by atoms with Crippen LogP contribution >= 0.6 is 27.5 Å². The summed E-state index contributed by atoms with van der Waals surface area (Å²) < 4.78 is 29.4. The molecule has 6 heteroatoms. The minimum absolute atomic E-state index is 0.0967. The van der Waals surface area contributed by atoms with Crippen LogP contribution in [0.2, 0.25) is 5.02 Å². The molecule has 0 aliphatic heterocycles. The van der Waals surface area contributed by atoms with Crippen LogP contribution in [0.3, 0.4) is 0 Å². The minimum Gasteiger partial charge on any atom is -0.416 e. The maximum absolute atomic E-state index is 12.4. The highest BCUT2D eigenvalue weighted by molar-refractivity contribution is 9.09. The van der Waals surface area contributed by atoms with Crippen molar-refractivity contribution >= 4 is 27.5 Å². The van der Waals surface area contributed by atoms with E-state index in [4.69, 9.17) is 11.6 Å². The Kier molecular flexibility index (Phi) is 5.31. The lowest BCUT2D eigenvalue weighted by Gasteiger charge is -2.11. The number of ether oxygens (including phenoxy) is 1. The molecule has 1 heterocycles. The van der Waals surface area contributed by atoms with Crippen molar-refractivity contribution in [1.82, 2.24) is 4.98 Å². The smallest absolute Gasteiger partial charge is 0.388 e. The topological polar surface area (TPSA) is 22.1 Å². The number of pyridine rings is 1. The summed E-state index contributed by atoms with van der Waals surface area (Å²) in [5.74, 6) is -0.0967. The van der Waals surface area contributed by atoms with E-state index in [0.717, 1.165) is 17.3 Å². The van der Waals surface area contributed by atoms with Gasteiger partial charge in [0.15, 0.2) is 0 Å². The lowest BCUT2D eigenvalue weighted by Crippen LogP contribution is -2.05. The van der Waals surface area contributed by atoms with Crippen LogP contribution in [0, 0.1) is 0 Å². The fourth-order valence-electron chi connectivity index (χ4n) is 1.78. The van der Waals surface area contributed by atoms with Gasteiger partial charge in [-0.3, -0.25) is 0 Å².